The number of carbonyl (C=O) groups is 1. The van der Waals surface area contributed by atoms with E-state index in [-0.39, 0.29) is 12.5 Å². The Kier molecular flexibility index (Phi) is 8.18. The van der Waals surface area contributed by atoms with Crippen LogP contribution in [0, 0.1) is 0 Å². The summed E-state index contributed by atoms with van der Waals surface area (Å²) in [4.78, 5) is 22.1. The Bertz CT molecular complexity index is 580. The average Bonchev–Trinajstić information content (AvgIpc) is 2.65. The van der Waals surface area contributed by atoms with Crippen LogP contribution < -0.4 is 15.4 Å². The van der Waals surface area contributed by atoms with Gasteiger partial charge in [0.2, 0.25) is 11.8 Å². The maximum Gasteiger partial charge on any atom is 0.241 e. The van der Waals surface area contributed by atoms with Gasteiger partial charge in [-0.1, -0.05) is 12.5 Å². The minimum absolute atomic E-state index is 0.00137. The largest absolute Gasteiger partial charge is 0.474 e. The van der Waals surface area contributed by atoms with Crippen molar-refractivity contribution in [2.45, 2.75) is 51.7 Å². The summed E-state index contributed by atoms with van der Waals surface area (Å²) in [5.74, 6) is 1.30. The van der Waals surface area contributed by atoms with Crippen LogP contribution >= 0.6 is 0 Å². The third-order valence-electron chi connectivity index (χ3n) is 4.31. The van der Waals surface area contributed by atoms with E-state index in [9.17, 15) is 4.79 Å². The van der Waals surface area contributed by atoms with Crippen molar-refractivity contribution in [3.05, 3.63) is 23.9 Å². The molecule has 1 heterocycles. The highest BCUT2D eigenvalue weighted by molar-refractivity contribution is 5.86. The molecule has 2 rings (SSSR count). The summed E-state index contributed by atoms with van der Waals surface area (Å²) in [7, 11) is 3.47. The Hall–Kier alpha value is -2.31. The topological polar surface area (TPSA) is 78.9 Å². The van der Waals surface area contributed by atoms with Gasteiger partial charge in [0, 0.05) is 32.9 Å². The van der Waals surface area contributed by atoms with Crippen molar-refractivity contribution >= 4 is 11.9 Å². The highest BCUT2D eigenvalue weighted by Crippen LogP contribution is 2.22. The smallest absolute Gasteiger partial charge is 0.241 e. The normalized spacial score (nSPS) is 15.4. The van der Waals surface area contributed by atoms with Gasteiger partial charge in [-0.2, -0.15) is 0 Å². The predicted octanol–water partition coefficient (Wildman–Crippen LogP) is 1.94. The fourth-order valence-electron chi connectivity index (χ4n) is 2.76. The standard InChI is InChI=1S/C19H31N5O2/c1-4-20-19(23-14-18(25)24(2)3)22-13-15-10-11-17(21-12-15)26-16-8-6-5-7-9-16/h10-12,16H,4-9,13-14H2,1-3H3,(H2,20,22,23). The molecule has 2 N–H and O–H groups in total. The number of aromatic nitrogens is 1. The number of rotatable bonds is 7. The molecule has 1 aliphatic rings. The molecule has 0 unspecified atom stereocenters. The van der Waals surface area contributed by atoms with Crippen LogP contribution in [0.15, 0.2) is 23.3 Å². The number of amides is 1. The van der Waals surface area contributed by atoms with Gasteiger partial charge in [0.25, 0.3) is 0 Å². The summed E-state index contributed by atoms with van der Waals surface area (Å²) in [5, 5.41) is 6.18. The van der Waals surface area contributed by atoms with Gasteiger partial charge in [-0.25, -0.2) is 9.98 Å². The molecular formula is C19H31N5O2. The number of guanidine groups is 1. The van der Waals surface area contributed by atoms with Crippen molar-refractivity contribution in [1.29, 1.82) is 0 Å². The van der Waals surface area contributed by atoms with Gasteiger partial charge >= 0.3 is 0 Å². The fourth-order valence-corrected chi connectivity index (χ4v) is 2.76. The van der Waals surface area contributed by atoms with Crippen molar-refractivity contribution in [2.75, 3.05) is 27.2 Å². The van der Waals surface area contributed by atoms with Crippen LogP contribution in [0.1, 0.15) is 44.6 Å². The molecular weight excluding hydrogens is 330 g/mol. The number of pyridine rings is 1. The number of ether oxygens (including phenoxy) is 1. The van der Waals surface area contributed by atoms with E-state index >= 15 is 0 Å². The van der Waals surface area contributed by atoms with Crippen LogP contribution in [0.3, 0.4) is 0 Å². The van der Waals surface area contributed by atoms with E-state index in [0.29, 0.717) is 24.5 Å². The monoisotopic (exact) mass is 361 g/mol. The number of nitrogens with zero attached hydrogens (tertiary/aromatic N) is 3. The molecule has 0 aromatic carbocycles. The number of aliphatic imine (C=N–C) groups is 1. The Morgan fingerprint density at radius 3 is 2.65 bits per heavy atom. The summed E-state index contributed by atoms with van der Waals surface area (Å²) in [6.07, 6.45) is 8.15. The first-order valence-electron chi connectivity index (χ1n) is 9.42. The molecule has 26 heavy (non-hydrogen) atoms. The first kappa shape index (κ1) is 20.0. The molecule has 0 radical (unpaired) electrons. The van der Waals surface area contributed by atoms with Crippen LogP contribution in [0.4, 0.5) is 0 Å². The molecule has 1 aromatic rings. The maximum absolute atomic E-state index is 11.7. The van der Waals surface area contributed by atoms with E-state index in [1.165, 1.54) is 19.3 Å². The lowest BCUT2D eigenvalue weighted by molar-refractivity contribution is -0.127. The summed E-state index contributed by atoms with van der Waals surface area (Å²) < 4.78 is 5.95. The number of carbonyl (C=O) groups excluding carboxylic acids is 1. The van der Waals surface area contributed by atoms with Crippen molar-refractivity contribution in [3.8, 4) is 5.88 Å². The summed E-state index contributed by atoms with van der Waals surface area (Å²) in [6.45, 7) is 3.42. The first-order chi connectivity index (χ1) is 12.6. The zero-order chi connectivity index (χ0) is 18.8. The Morgan fingerprint density at radius 1 is 1.27 bits per heavy atom. The van der Waals surface area contributed by atoms with Crippen molar-refractivity contribution in [1.82, 2.24) is 20.5 Å². The van der Waals surface area contributed by atoms with Crippen LogP contribution in [0.5, 0.6) is 5.88 Å². The second kappa shape index (κ2) is 10.6. The lowest BCUT2D eigenvalue weighted by Gasteiger charge is -2.22. The molecule has 0 atom stereocenters. The number of hydrogen-bond acceptors (Lipinski definition) is 4. The Balaban J connectivity index is 1.86. The summed E-state index contributed by atoms with van der Waals surface area (Å²) in [6, 6.07) is 3.90. The van der Waals surface area contributed by atoms with E-state index in [4.69, 9.17) is 4.74 Å². The Labute approximate surface area is 156 Å². The predicted molar refractivity (Wildman–Crippen MR) is 103 cm³/mol. The molecule has 1 aliphatic carbocycles. The third kappa shape index (κ3) is 6.90. The van der Waals surface area contributed by atoms with Gasteiger partial charge in [-0.15, -0.1) is 0 Å². The van der Waals surface area contributed by atoms with E-state index < -0.39 is 0 Å². The van der Waals surface area contributed by atoms with Crippen LogP contribution in [-0.2, 0) is 11.3 Å². The number of hydrogen-bond donors (Lipinski definition) is 2. The third-order valence-corrected chi connectivity index (χ3v) is 4.31. The molecule has 1 saturated carbocycles. The van der Waals surface area contributed by atoms with Crippen molar-refractivity contribution < 1.29 is 9.53 Å². The SMILES string of the molecule is CCNC(=NCc1ccc(OC2CCCCC2)nc1)NCC(=O)N(C)C. The van der Waals surface area contributed by atoms with Gasteiger partial charge in [0.15, 0.2) is 5.96 Å². The van der Waals surface area contributed by atoms with Gasteiger partial charge in [0.1, 0.15) is 6.10 Å². The molecule has 1 aromatic heterocycles. The van der Waals surface area contributed by atoms with E-state index in [1.807, 2.05) is 19.1 Å². The molecule has 7 nitrogen and oxygen atoms in total. The Morgan fingerprint density at radius 2 is 2.04 bits per heavy atom. The van der Waals surface area contributed by atoms with Gasteiger partial charge < -0.3 is 20.3 Å². The van der Waals surface area contributed by atoms with Crippen LogP contribution in [0.2, 0.25) is 0 Å². The lowest BCUT2D eigenvalue weighted by Crippen LogP contribution is -2.42. The average molecular weight is 361 g/mol. The molecule has 0 bridgehead atoms. The highest BCUT2D eigenvalue weighted by Gasteiger charge is 2.15. The zero-order valence-corrected chi connectivity index (χ0v) is 16.1. The van der Waals surface area contributed by atoms with Gasteiger partial charge in [-0.05, 0) is 38.2 Å². The van der Waals surface area contributed by atoms with E-state index in [0.717, 1.165) is 24.9 Å². The van der Waals surface area contributed by atoms with Crippen LogP contribution in [-0.4, -0.2) is 55.0 Å². The van der Waals surface area contributed by atoms with Crippen molar-refractivity contribution in [2.24, 2.45) is 4.99 Å². The highest BCUT2D eigenvalue weighted by atomic mass is 16.5. The molecule has 7 heteroatoms. The summed E-state index contributed by atoms with van der Waals surface area (Å²) >= 11 is 0. The van der Waals surface area contributed by atoms with Crippen molar-refractivity contribution in [3.63, 3.8) is 0 Å². The first-order valence-corrected chi connectivity index (χ1v) is 9.42. The molecule has 0 saturated heterocycles. The number of likely N-dealkylation sites (N-methyl/N-ethyl adjacent to an activating group) is 1. The minimum Gasteiger partial charge on any atom is -0.474 e. The molecule has 144 valence electrons. The van der Waals surface area contributed by atoms with E-state index in [1.54, 1.807) is 25.2 Å². The zero-order valence-electron chi connectivity index (χ0n) is 16.1. The lowest BCUT2D eigenvalue weighted by atomic mass is 9.98. The second-order valence-electron chi connectivity index (χ2n) is 6.72. The summed E-state index contributed by atoms with van der Waals surface area (Å²) in [5.41, 5.74) is 0.997. The van der Waals surface area contributed by atoms with Gasteiger partial charge in [-0.3, -0.25) is 4.79 Å². The molecule has 1 fully saturated rings. The molecule has 0 aliphatic heterocycles. The quantitative estimate of drug-likeness (QED) is 0.573. The molecule has 0 spiro atoms. The number of nitrogens with one attached hydrogen (secondary N) is 2. The van der Waals surface area contributed by atoms with Gasteiger partial charge in [0.05, 0.1) is 13.1 Å². The molecule has 1 amide bonds. The van der Waals surface area contributed by atoms with Crippen LogP contribution in [0.25, 0.3) is 0 Å². The van der Waals surface area contributed by atoms with E-state index in [2.05, 4.69) is 20.6 Å². The maximum atomic E-state index is 11.7. The second-order valence-corrected chi connectivity index (χ2v) is 6.72. The fraction of sp³-hybridized carbons (Fsp3) is 0.632. The minimum atomic E-state index is 0.00137.